The van der Waals surface area contributed by atoms with E-state index in [2.05, 4.69) is 6.92 Å². The molecule has 5 rings (SSSR count). The number of carbonyl (C=O) groups excluding carboxylic acids is 3. The summed E-state index contributed by atoms with van der Waals surface area (Å²) in [6.45, 7) is 13.8. The number of nitrogens with two attached hydrogens (primary N) is 1. The van der Waals surface area contributed by atoms with E-state index in [0.717, 1.165) is 57.8 Å². The molecule has 5 aliphatic rings. The molecule has 0 aliphatic heterocycles. The smallest absolute Gasteiger partial charge is 0.405 e. The Morgan fingerprint density at radius 2 is 1.19 bits per heavy atom. The van der Waals surface area contributed by atoms with Gasteiger partial charge in [-0.3, -0.25) is 9.59 Å². The van der Waals surface area contributed by atoms with Crippen LogP contribution in [0.2, 0.25) is 0 Å². The first-order chi connectivity index (χ1) is 16.6. The third kappa shape index (κ3) is 6.36. The van der Waals surface area contributed by atoms with Crippen LogP contribution in [0.1, 0.15) is 126 Å². The number of rotatable bonds is 7. The summed E-state index contributed by atoms with van der Waals surface area (Å²) in [5.41, 5.74) is 3.34. The SMILES string of the molecule is CCC(C)(C)C(=O)OC1(C)CCCC1.CCC(C)(C)C(=O)OC12CC3CC(CC(OC(N)=O)(C3)C1)C2. The van der Waals surface area contributed by atoms with Gasteiger partial charge in [0, 0.05) is 6.42 Å². The van der Waals surface area contributed by atoms with E-state index >= 15 is 0 Å². The van der Waals surface area contributed by atoms with E-state index in [1.807, 2.05) is 41.5 Å². The summed E-state index contributed by atoms with van der Waals surface area (Å²) >= 11 is 0. The number of hydrogen-bond donors (Lipinski definition) is 1. The molecule has 7 heteroatoms. The fourth-order valence-electron chi connectivity index (χ4n) is 6.76. The maximum atomic E-state index is 12.6. The molecule has 5 fully saturated rings. The average molecular weight is 508 g/mol. The van der Waals surface area contributed by atoms with Crippen molar-refractivity contribution in [1.29, 1.82) is 0 Å². The predicted molar refractivity (Wildman–Crippen MR) is 138 cm³/mol. The molecule has 4 bridgehead atoms. The monoisotopic (exact) mass is 507 g/mol. The van der Waals surface area contributed by atoms with Gasteiger partial charge in [-0.15, -0.1) is 0 Å². The zero-order chi connectivity index (χ0) is 27.0. The van der Waals surface area contributed by atoms with Crippen LogP contribution in [0.4, 0.5) is 4.79 Å². The third-order valence-corrected chi connectivity index (χ3v) is 9.45. The van der Waals surface area contributed by atoms with Crippen molar-refractivity contribution in [3.8, 4) is 0 Å². The maximum absolute atomic E-state index is 12.6. The molecule has 1 amide bonds. The topological polar surface area (TPSA) is 105 Å². The van der Waals surface area contributed by atoms with Crippen molar-refractivity contribution in [2.45, 2.75) is 142 Å². The third-order valence-electron chi connectivity index (χ3n) is 9.45. The van der Waals surface area contributed by atoms with Gasteiger partial charge in [0.15, 0.2) is 0 Å². The molecule has 2 unspecified atom stereocenters. The lowest BCUT2D eigenvalue weighted by molar-refractivity contribution is -0.224. The average Bonchev–Trinajstić information content (AvgIpc) is 3.17. The Hall–Kier alpha value is -1.79. The highest BCUT2D eigenvalue weighted by Crippen LogP contribution is 2.60. The molecule has 0 aromatic carbocycles. The molecule has 5 saturated carbocycles. The Morgan fingerprint density at radius 3 is 1.61 bits per heavy atom. The van der Waals surface area contributed by atoms with Crippen LogP contribution < -0.4 is 5.73 Å². The lowest BCUT2D eigenvalue weighted by atomic mass is 9.52. The van der Waals surface area contributed by atoms with E-state index in [-0.39, 0.29) is 23.0 Å². The molecule has 0 spiro atoms. The van der Waals surface area contributed by atoms with Crippen LogP contribution in [0, 0.1) is 22.7 Å². The molecule has 36 heavy (non-hydrogen) atoms. The highest BCUT2D eigenvalue weighted by atomic mass is 16.6. The Morgan fingerprint density at radius 1 is 0.778 bits per heavy atom. The van der Waals surface area contributed by atoms with Gasteiger partial charge in [-0.05, 0) is 117 Å². The van der Waals surface area contributed by atoms with Crippen LogP contribution in [-0.4, -0.2) is 34.8 Å². The minimum Gasteiger partial charge on any atom is -0.459 e. The lowest BCUT2D eigenvalue weighted by Crippen LogP contribution is -2.62. The molecule has 0 aromatic heterocycles. The van der Waals surface area contributed by atoms with Gasteiger partial charge in [-0.2, -0.15) is 0 Å². The van der Waals surface area contributed by atoms with Crippen molar-refractivity contribution < 1.29 is 28.6 Å². The van der Waals surface area contributed by atoms with Gasteiger partial charge >= 0.3 is 18.0 Å². The predicted octanol–water partition coefficient (Wildman–Crippen LogP) is 6.45. The zero-order valence-electron chi connectivity index (χ0n) is 23.7. The van der Waals surface area contributed by atoms with Crippen LogP contribution >= 0.6 is 0 Å². The van der Waals surface area contributed by atoms with E-state index in [4.69, 9.17) is 19.9 Å². The van der Waals surface area contributed by atoms with E-state index < -0.39 is 22.7 Å². The largest absolute Gasteiger partial charge is 0.459 e. The van der Waals surface area contributed by atoms with Gasteiger partial charge in [0.05, 0.1) is 10.8 Å². The molecule has 0 saturated heterocycles. The second-order valence-electron chi connectivity index (χ2n) is 13.7. The first-order valence-electron chi connectivity index (χ1n) is 14.0. The van der Waals surface area contributed by atoms with Crippen LogP contribution in [0.15, 0.2) is 0 Å². The number of ether oxygens (including phenoxy) is 3. The molecule has 2 N–H and O–H groups in total. The van der Waals surface area contributed by atoms with Crippen molar-refractivity contribution in [1.82, 2.24) is 0 Å². The van der Waals surface area contributed by atoms with Crippen LogP contribution in [0.25, 0.3) is 0 Å². The fraction of sp³-hybridized carbons (Fsp3) is 0.897. The van der Waals surface area contributed by atoms with Gasteiger partial charge < -0.3 is 19.9 Å². The van der Waals surface area contributed by atoms with Gasteiger partial charge in [-0.1, -0.05) is 13.8 Å². The van der Waals surface area contributed by atoms with Crippen molar-refractivity contribution in [2.75, 3.05) is 0 Å². The van der Waals surface area contributed by atoms with Gasteiger partial charge in [0.25, 0.3) is 0 Å². The minimum atomic E-state index is -0.711. The summed E-state index contributed by atoms with van der Waals surface area (Å²) < 4.78 is 17.2. The first kappa shape index (κ1) is 28.8. The fourth-order valence-corrected chi connectivity index (χ4v) is 6.76. The van der Waals surface area contributed by atoms with Crippen LogP contribution in [0.5, 0.6) is 0 Å². The van der Waals surface area contributed by atoms with E-state index in [1.165, 1.54) is 12.8 Å². The molecule has 0 heterocycles. The summed E-state index contributed by atoms with van der Waals surface area (Å²) in [6.07, 6.45) is 10.6. The summed E-state index contributed by atoms with van der Waals surface area (Å²) in [4.78, 5) is 35.7. The van der Waals surface area contributed by atoms with Crippen molar-refractivity contribution >= 4 is 18.0 Å². The Bertz CT molecular complexity index is 827. The molecule has 2 atom stereocenters. The van der Waals surface area contributed by atoms with Crippen molar-refractivity contribution in [3.05, 3.63) is 0 Å². The molecular weight excluding hydrogens is 458 g/mol. The Labute approximate surface area is 217 Å². The quantitative estimate of drug-likeness (QED) is 0.313. The second kappa shape index (κ2) is 10.2. The standard InChI is InChI=1S/C17H27NO4.C12H22O2/c1-4-15(2,3)13(19)21-16-6-11-5-12(7-16)9-17(8-11,10-16)22-14(18)20;1-5-11(2,3)10(13)14-12(4)8-6-7-9-12/h11-12H,4-10H2,1-3H3,(H2,18,20);5-9H2,1-4H3. The zero-order valence-corrected chi connectivity index (χ0v) is 23.7. The Kier molecular flexibility index (Phi) is 8.13. The highest BCUT2D eigenvalue weighted by Gasteiger charge is 2.61. The van der Waals surface area contributed by atoms with Gasteiger partial charge in [0.2, 0.25) is 0 Å². The first-order valence-corrected chi connectivity index (χ1v) is 14.0. The molecular formula is C29H49NO6. The molecule has 0 radical (unpaired) electrons. The summed E-state index contributed by atoms with van der Waals surface area (Å²) in [7, 11) is 0. The number of amides is 1. The van der Waals surface area contributed by atoms with Crippen molar-refractivity contribution in [2.24, 2.45) is 28.4 Å². The van der Waals surface area contributed by atoms with E-state index in [1.54, 1.807) is 0 Å². The second-order valence-corrected chi connectivity index (χ2v) is 13.7. The summed E-state index contributed by atoms with van der Waals surface area (Å²) in [5, 5.41) is 0. The van der Waals surface area contributed by atoms with E-state index in [0.29, 0.717) is 18.3 Å². The van der Waals surface area contributed by atoms with Crippen LogP contribution in [0.3, 0.4) is 0 Å². The summed E-state index contributed by atoms with van der Waals surface area (Å²) in [5.74, 6) is 0.770. The number of hydrogen-bond acceptors (Lipinski definition) is 6. The van der Waals surface area contributed by atoms with Gasteiger partial charge in [0.1, 0.15) is 16.8 Å². The molecule has 5 aliphatic carbocycles. The minimum absolute atomic E-state index is 0.0376. The molecule has 206 valence electrons. The molecule has 0 aromatic rings. The Balaban J connectivity index is 0.000000223. The highest BCUT2D eigenvalue weighted by molar-refractivity contribution is 5.76. The van der Waals surface area contributed by atoms with Crippen molar-refractivity contribution in [3.63, 3.8) is 0 Å². The van der Waals surface area contributed by atoms with E-state index in [9.17, 15) is 14.4 Å². The number of esters is 2. The number of primary amides is 1. The maximum Gasteiger partial charge on any atom is 0.405 e. The lowest BCUT2D eigenvalue weighted by Gasteiger charge is -2.60. The number of carbonyl (C=O) groups is 3. The van der Waals surface area contributed by atoms with Gasteiger partial charge in [-0.25, -0.2) is 4.79 Å². The molecule has 7 nitrogen and oxygen atoms in total. The summed E-state index contributed by atoms with van der Waals surface area (Å²) in [6, 6.07) is 0. The van der Waals surface area contributed by atoms with Crippen LogP contribution in [-0.2, 0) is 23.8 Å². The normalized spacial score (nSPS) is 32.3.